The summed E-state index contributed by atoms with van der Waals surface area (Å²) >= 11 is 0. The summed E-state index contributed by atoms with van der Waals surface area (Å²) in [6, 6.07) is 71.5. The Bertz CT molecular complexity index is 3980. The number of hydrogen-bond acceptors (Lipinski definition) is 0. The van der Waals surface area contributed by atoms with Crippen LogP contribution in [0.15, 0.2) is 224 Å². The van der Waals surface area contributed by atoms with Crippen molar-refractivity contribution in [3.8, 4) is 66.8 Å². The van der Waals surface area contributed by atoms with Gasteiger partial charge in [0.15, 0.2) is 0 Å². The first-order valence-electron chi connectivity index (χ1n) is 23.9. The van der Waals surface area contributed by atoms with Crippen molar-refractivity contribution in [2.24, 2.45) is 5.92 Å². The van der Waals surface area contributed by atoms with Crippen molar-refractivity contribution in [1.82, 2.24) is 0 Å². The van der Waals surface area contributed by atoms with Crippen LogP contribution in [0.4, 0.5) is 0 Å². The second-order valence-electron chi connectivity index (χ2n) is 19.9. The molecule has 0 aliphatic heterocycles. The van der Waals surface area contributed by atoms with E-state index in [-0.39, 0.29) is 5.41 Å². The molecule has 10 aromatic carbocycles. The van der Waals surface area contributed by atoms with Gasteiger partial charge >= 0.3 is 0 Å². The maximum absolute atomic E-state index is 2.46. The van der Waals surface area contributed by atoms with E-state index in [1.54, 1.807) is 0 Å². The third kappa shape index (κ3) is 5.24. The largest absolute Gasteiger partial charge is 0.0754 e. The molecule has 0 spiro atoms. The van der Waals surface area contributed by atoms with E-state index < -0.39 is 0 Å². The van der Waals surface area contributed by atoms with Crippen molar-refractivity contribution in [2.75, 3.05) is 0 Å². The molecule has 0 fully saturated rings. The van der Waals surface area contributed by atoms with Gasteiger partial charge in [0.25, 0.3) is 0 Å². The Kier molecular flexibility index (Phi) is 7.50. The molecule has 312 valence electrons. The summed E-state index contributed by atoms with van der Waals surface area (Å²) in [6.07, 6.45) is 11.8. The quantitative estimate of drug-likeness (QED) is 0.166. The molecule has 2 atom stereocenters. The van der Waals surface area contributed by atoms with E-state index in [4.69, 9.17) is 0 Å². The van der Waals surface area contributed by atoms with E-state index in [1.165, 1.54) is 144 Å². The number of rotatable bonds is 4. The summed E-state index contributed by atoms with van der Waals surface area (Å²) in [5, 5.41) is 7.74. The molecule has 10 aromatic rings. The summed E-state index contributed by atoms with van der Waals surface area (Å²) in [6.45, 7) is 4.81. The summed E-state index contributed by atoms with van der Waals surface area (Å²) in [7, 11) is 0. The lowest BCUT2D eigenvalue weighted by Crippen LogP contribution is -2.15. The SMILES string of the molecule is CC1(C)c2cc(-c3ccc4ccc(C5=C6C=CC=C7c8ccccc8C(C=C5)C76)cc4c3)ccc2-c2ccc(-c3ccc4ccc(-c5ccc6c7c(cccc57)-c5ccccc5-6)cc4c3)cc21. The van der Waals surface area contributed by atoms with Gasteiger partial charge in [-0.2, -0.15) is 0 Å². The Hall–Kier alpha value is -8.06. The number of benzene rings is 10. The molecule has 0 radical (unpaired) electrons. The van der Waals surface area contributed by atoms with Crippen molar-refractivity contribution in [1.29, 1.82) is 0 Å². The monoisotopic (exact) mass is 848 g/mol. The minimum atomic E-state index is -0.153. The molecule has 5 aliphatic carbocycles. The Morgan fingerprint density at radius 2 is 0.910 bits per heavy atom. The van der Waals surface area contributed by atoms with Crippen molar-refractivity contribution in [2.45, 2.75) is 25.2 Å². The van der Waals surface area contributed by atoms with E-state index in [0.29, 0.717) is 11.8 Å². The van der Waals surface area contributed by atoms with Gasteiger partial charge in [-0.1, -0.05) is 196 Å². The standard InChI is InChI=1S/C67H44/c1-67(2)63-37-43(41-21-17-39-19-23-45(35-47(39)33-41)49-29-31-61-53-11-5-3-9-51(53)59-15-7-13-57(49)65(59)61)25-27-55(63)56-28-26-44(38-64(56)67)42-22-18-40-20-24-46(36-48(40)34-42)50-30-32-62-54-12-6-4-10-52(54)60-16-8-14-58(50)66(60)62/h3-38,61,65H,1-2H3. The van der Waals surface area contributed by atoms with Crippen LogP contribution in [0.3, 0.4) is 0 Å². The van der Waals surface area contributed by atoms with Crippen LogP contribution in [-0.2, 0) is 5.41 Å². The molecule has 5 aliphatic rings. The number of hydrogen-bond donors (Lipinski definition) is 0. The first-order valence-corrected chi connectivity index (χ1v) is 23.9. The zero-order valence-corrected chi connectivity index (χ0v) is 37.4. The van der Waals surface area contributed by atoms with Crippen molar-refractivity contribution in [3.05, 3.63) is 252 Å². The van der Waals surface area contributed by atoms with Crippen molar-refractivity contribution < 1.29 is 0 Å². The van der Waals surface area contributed by atoms with Crippen molar-refractivity contribution >= 4 is 43.5 Å². The lowest BCUT2D eigenvalue weighted by Gasteiger charge is -2.29. The fourth-order valence-corrected chi connectivity index (χ4v) is 12.9. The molecule has 0 heterocycles. The highest BCUT2D eigenvalue weighted by atomic mass is 14.4. The summed E-state index contributed by atoms with van der Waals surface area (Å²) < 4.78 is 0. The van der Waals surface area contributed by atoms with Gasteiger partial charge in [0.2, 0.25) is 0 Å². The molecule has 0 amide bonds. The molecule has 0 bridgehead atoms. The third-order valence-electron chi connectivity index (χ3n) is 16.2. The van der Waals surface area contributed by atoms with E-state index >= 15 is 0 Å². The average Bonchev–Trinajstić information content (AvgIpc) is 3.97. The Morgan fingerprint density at radius 3 is 1.61 bits per heavy atom. The first-order chi connectivity index (χ1) is 32.9. The van der Waals surface area contributed by atoms with Crippen LogP contribution in [0.5, 0.6) is 0 Å². The van der Waals surface area contributed by atoms with Gasteiger partial charge < -0.3 is 0 Å². The van der Waals surface area contributed by atoms with E-state index in [2.05, 4.69) is 232 Å². The molecule has 0 saturated heterocycles. The lowest BCUT2D eigenvalue weighted by atomic mass is 9.74. The van der Waals surface area contributed by atoms with Gasteiger partial charge in [-0.25, -0.2) is 0 Å². The minimum Gasteiger partial charge on any atom is -0.0754 e. The normalized spacial score (nSPS) is 17.4. The fourth-order valence-electron chi connectivity index (χ4n) is 12.9. The van der Waals surface area contributed by atoms with Gasteiger partial charge in [-0.15, -0.1) is 0 Å². The van der Waals surface area contributed by atoms with Crippen LogP contribution >= 0.6 is 0 Å². The molecular formula is C67H44. The Labute approximate surface area is 391 Å². The van der Waals surface area contributed by atoms with E-state index in [0.717, 1.165) is 0 Å². The number of fused-ring (bicyclic) bond motifs is 11. The highest BCUT2D eigenvalue weighted by Gasteiger charge is 2.40. The number of allylic oxidation sites excluding steroid dienone is 8. The maximum Gasteiger partial charge on any atom is 0.0205 e. The molecule has 67 heavy (non-hydrogen) atoms. The Balaban J connectivity index is 0.749. The third-order valence-corrected chi connectivity index (χ3v) is 16.2. The zero-order chi connectivity index (χ0) is 44.1. The summed E-state index contributed by atoms with van der Waals surface area (Å²) in [5.41, 5.74) is 26.6. The van der Waals surface area contributed by atoms with Gasteiger partial charge in [0, 0.05) is 17.3 Å². The van der Waals surface area contributed by atoms with Gasteiger partial charge in [-0.05, 0) is 180 Å². The summed E-state index contributed by atoms with van der Waals surface area (Å²) in [5.74, 6) is 0.794. The molecule has 0 heteroatoms. The predicted octanol–water partition coefficient (Wildman–Crippen LogP) is 17.8. The van der Waals surface area contributed by atoms with Crippen LogP contribution in [0.25, 0.3) is 110 Å². The second-order valence-corrected chi connectivity index (χ2v) is 19.9. The van der Waals surface area contributed by atoms with Crippen LogP contribution < -0.4 is 0 Å². The molecule has 0 N–H and O–H groups in total. The zero-order valence-electron chi connectivity index (χ0n) is 37.4. The van der Waals surface area contributed by atoms with Gasteiger partial charge in [0.05, 0.1) is 0 Å². The summed E-state index contributed by atoms with van der Waals surface area (Å²) in [4.78, 5) is 0. The second kappa shape index (κ2) is 13.5. The molecule has 0 nitrogen and oxygen atoms in total. The molecule has 2 unspecified atom stereocenters. The first kappa shape index (κ1) is 37.2. The lowest BCUT2D eigenvalue weighted by molar-refractivity contribution is 0.661. The highest BCUT2D eigenvalue weighted by Crippen LogP contribution is 2.56. The fraction of sp³-hybridized carbons (Fsp3) is 0.0746. The topological polar surface area (TPSA) is 0 Å². The predicted molar refractivity (Wildman–Crippen MR) is 283 cm³/mol. The molecular weight excluding hydrogens is 805 g/mol. The van der Waals surface area contributed by atoms with Crippen molar-refractivity contribution in [3.63, 3.8) is 0 Å². The van der Waals surface area contributed by atoms with Gasteiger partial charge in [-0.3, -0.25) is 0 Å². The van der Waals surface area contributed by atoms with Gasteiger partial charge in [0.1, 0.15) is 0 Å². The van der Waals surface area contributed by atoms with Crippen LogP contribution in [-0.4, -0.2) is 0 Å². The smallest absolute Gasteiger partial charge is 0.0205 e. The Morgan fingerprint density at radius 1 is 0.388 bits per heavy atom. The van der Waals surface area contributed by atoms with E-state index in [9.17, 15) is 0 Å². The van der Waals surface area contributed by atoms with Crippen LogP contribution in [0.2, 0.25) is 0 Å². The molecule has 0 saturated carbocycles. The van der Waals surface area contributed by atoms with Crippen LogP contribution in [0, 0.1) is 5.92 Å². The highest BCUT2D eigenvalue weighted by molar-refractivity contribution is 6.19. The molecule has 0 aromatic heterocycles. The minimum absolute atomic E-state index is 0.153. The van der Waals surface area contributed by atoms with E-state index in [1.807, 2.05) is 0 Å². The average molecular weight is 849 g/mol. The van der Waals surface area contributed by atoms with Crippen LogP contribution in [0.1, 0.15) is 47.6 Å². The maximum atomic E-state index is 2.46. The molecule has 15 rings (SSSR count).